The van der Waals surface area contributed by atoms with Gasteiger partial charge in [0, 0.05) is 14.2 Å². The zero-order valence-corrected chi connectivity index (χ0v) is 11.2. The molecule has 1 rings (SSSR count). The molecule has 1 heterocycles. The number of rotatable bonds is 0. The Kier molecular flexibility index (Phi) is 1.46. The molecule has 4 heteroatoms. The van der Waals surface area contributed by atoms with Crippen LogP contribution in [0.5, 0.6) is 0 Å². The Morgan fingerprint density at radius 2 is 1.00 bits per heavy atom. The molecule has 0 aromatic heterocycles. The second-order valence-electron chi connectivity index (χ2n) is 4.27. The average molecular weight is 177 g/mol. The van der Waals surface area contributed by atoms with E-state index < -0.39 is 0 Å². The molecule has 1 saturated heterocycles. The molecule has 0 nitrogen and oxygen atoms in total. The van der Waals surface area contributed by atoms with Crippen molar-refractivity contribution in [3.8, 4) is 0 Å². The SMILES string of the molecule is C[Si]1(C)[SiH2][SiH2][Si]1(C)C. The van der Waals surface area contributed by atoms with E-state index >= 15 is 0 Å². The van der Waals surface area contributed by atoms with Crippen molar-refractivity contribution in [1.29, 1.82) is 0 Å². The van der Waals surface area contributed by atoms with Gasteiger partial charge < -0.3 is 0 Å². The molecule has 0 aromatic carbocycles. The van der Waals surface area contributed by atoms with Crippen LogP contribution in [-0.4, -0.2) is 31.3 Å². The molecule has 0 unspecified atom stereocenters. The van der Waals surface area contributed by atoms with Crippen LogP contribution in [0.3, 0.4) is 0 Å². The summed E-state index contributed by atoms with van der Waals surface area (Å²) in [6.45, 7) is 10.6. The zero-order valence-electron chi connectivity index (χ0n) is 6.41. The van der Waals surface area contributed by atoms with E-state index in [2.05, 4.69) is 26.2 Å². The Morgan fingerprint density at radius 1 is 0.750 bits per heavy atom. The van der Waals surface area contributed by atoms with Crippen LogP contribution in [0.1, 0.15) is 0 Å². The largest absolute Gasteiger partial charge is 0.0740 e. The Morgan fingerprint density at radius 3 is 1.00 bits per heavy atom. The van der Waals surface area contributed by atoms with Crippen LogP contribution in [-0.2, 0) is 0 Å². The van der Waals surface area contributed by atoms with E-state index in [0.717, 1.165) is 0 Å². The summed E-state index contributed by atoms with van der Waals surface area (Å²) in [7, 11) is 0.659. The maximum atomic E-state index is 2.65. The molecule has 0 spiro atoms. The van der Waals surface area contributed by atoms with Gasteiger partial charge in [-0.15, -0.1) is 0 Å². The van der Waals surface area contributed by atoms with Gasteiger partial charge in [-0.1, -0.05) is 26.2 Å². The van der Waals surface area contributed by atoms with Crippen LogP contribution in [0.2, 0.25) is 26.2 Å². The smallest absolute Gasteiger partial charge is 0.0225 e. The van der Waals surface area contributed by atoms with E-state index in [1.54, 1.807) is 0 Å². The zero-order chi connectivity index (χ0) is 6.41. The molecule has 0 bridgehead atoms. The summed E-state index contributed by atoms with van der Waals surface area (Å²) in [5.41, 5.74) is 0. The third kappa shape index (κ3) is 0.831. The topological polar surface area (TPSA) is 0 Å². The van der Waals surface area contributed by atoms with Gasteiger partial charge >= 0.3 is 0 Å². The highest BCUT2D eigenvalue weighted by atomic mass is 30.1. The quantitative estimate of drug-likeness (QED) is 0.446. The predicted octanol–water partition coefficient (Wildman–Crippen LogP) is -0.259. The monoisotopic (exact) mass is 176 g/mol. The molecule has 8 heavy (non-hydrogen) atoms. The highest BCUT2D eigenvalue weighted by Crippen LogP contribution is 2.24. The third-order valence-electron chi connectivity index (χ3n) is 3.21. The third-order valence-corrected chi connectivity index (χ3v) is 95.6. The highest BCUT2D eigenvalue weighted by Gasteiger charge is 2.48. The van der Waals surface area contributed by atoms with Crippen molar-refractivity contribution in [2.24, 2.45) is 0 Å². The van der Waals surface area contributed by atoms with Crippen LogP contribution in [0.25, 0.3) is 0 Å². The fraction of sp³-hybridized carbons (Fsp3) is 1.00. The van der Waals surface area contributed by atoms with Gasteiger partial charge in [-0.05, 0) is 17.1 Å². The van der Waals surface area contributed by atoms with Gasteiger partial charge in [0.1, 0.15) is 0 Å². The Hall–Kier alpha value is 0.868. The first-order valence-corrected chi connectivity index (χ1v) is 19.1. The number of hydrogen-bond acceptors (Lipinski definition) is 0. The lowest BCUT2D eigenvalue weighted by Gasteiger charge is -2.48. The van der Waals surface area contributed by atoms with E-state index in [1.807, 2.05) is 0 Å². The van der Waals surface area contributed by atoms with Gasteiger partial charge in [-0.25, -0.2) is 0 Å². The molecule has 1 aliphatic heterocycles. The standard InChI is InChI=1S/C4H16Si4/c1-7(2)5-6-8(7,3)4/h5-6H2,1-4H3. The minimum atomic E-state index is -0.339. The molecular weight excluding hydrogens is 160 g/mol. The summed E-state index contributed by atoms with van der Waals surface area (Å²) in [6.07, 6.45) is 0. The van der Waals surface area contributed by atoms with Gasteiger partial charge in [-0.3, -0.25) is 0 Å². The Balaban J connectivity index is 2.63. The van der Waals surface area contributed by atoms with Gasteiger partial charge in [0.25, 0.3) is 0 Å². The minimum absolute atomic E-state index is 0.339. The summed E-state index contributed by atoms with van der Waals surface area (Å²) in [6, 6.07) is 0. The van der Waals surface area contributed by atoms with Crippen molar-refractivity contribution < 1.29 is 0 Å². The highest BCUT2D eigenvalue weighted by molar-refractivity contribution is 7.96. The first-order valence-electron chi connectivity index (χ1n) is 3.46. The lowest BCUT2D eigenvalue weighted by atomic mass is 11.9. The van der Waals surface area contributed by atoms with Gasteiger partial charge in [-0.2, -0.15) is 0 Å². The maximum Gasteiger partial charge on any atom is 0.0225 e. The van der Waals surface area contributed by atoms with Crippen molar-refractivity contribution in [2.75, 3.05) is 0 Å². The van der Waals surface area contributed by atoms with E-state index in [4.69, 9.17) is 0 Å². The van der Waals surface area contributed by atoms with Crippen LogP contribution in [0, 0.1) is 0 Å². The second-order valence-corrected chi connectivity index (χ2v) is 47.8. The molecule has 1 aliphatic rings. The second kappa shape index (κ2) is 1.68. The van der Waals surface area contributed by atoms with E-state index in [1.165, 1.54) is 0 Å². The first-order chi connectivity index (χ1) is 3.46. The summed E-state index contributed by atoms with van der Waals surface area (Å²) >= 11 is 0. The fourth-order valence-electron chi connectivity index (χ4n) is 1.12. The van der Waals surface area contributed by atoms with Crippen LogP contribution in [0.4, 0.5) is 0 Å². The normalized spacial score (nSPS) is 37.5. The fourth-order valence-corrected chi connectivity index (χ4v) is 91.1. The number of hydrogen-bond donors (Lipinski definition) is 0. The maximum absolute atomic E-state index is 2.65. The lowest BCUT2D eigenvalue weighted by Crippen LogP contribution is -2.77. The molecular formula is C4H16Si4. The molecule has 0 saturated carbocycles. The van der Waals surface area contributed by atoms with Crippen LogP contribution < -0.4 is 0 Å². The molecule has 0 radical (unpaired) electrons. The van der Waals surface area contributed by atoms with E-state index in [-0.39, 0.29) is 14.2 Å². The van der Waals surface area contributed by atoms with Gasteiger partial charge in [0.05, 0.1) is 0 Å². The molecule has 0 amide bonds. The van der Waals surface area contributed by atoms with Crippen LogP contribution >= 0.6 is 0 Å². The van der Waals surface area contributed by atoms with E-state index in [9.17, 15) is 0 Å². The van der Waals surface area contributed by atoms with Crippen molar-refractivity contribution in [2.45, 2.75) is 26.2 Å². The molecule has 0 atom stereocenters. The van der Waals surface area contributed by atoms with Gasteiger partial charge in [0.2, 0.25) is 0 Å². The van der Waals surface area contributed by atoms with Crippen molar-refractivity contribution in [3.63, 3.8) is 0 Å². The summed E-state index contributed by atoms with van der Waals surface area (Å²) in [5, 5.41) is 0. The molecule has 0 aromatic rings. The summed E-state index contributed by atoms with van der Waals surface area (Å²) in [4.78, 5) is 0. The van der Waals surface area contributed by atoms with Crippen LogP contribution in [0.15, 0.2) is 0 Å². The average Bonchev–Trinajstić information content (AvgIpc) is 1.64. The van der Waals surface area contributed by atoms with Gasteiger partial charge in [0.15, 0.2) is 0 Å². The summed E-state index contributed by atoms with van der Waals surface area (Å²) < 4.78 is 0. The van der Waals surface area contributed by atoms with Crippen molar-refractivity contribution in [1.82, 2.24) is 0 Å². The lowest BCUT2D eigenvalue weighted by molar-refractivity contribution is 1.90. The predicted molar refractivity (Wildman–Crippen MR) is 52.1 cm³/mol. The first kappa shape index (κ1) is 6.98. The van der Waals surface area contributed by atoms with Crippen molar-refractivity contribution >= 4 is 31.3 Å². The summed E-state index contributed by atoms with van der Waals surface area (Å²) in [5.74, 6) is 0. The van der Waals surface area contributed by atoms with Crippen molar-refractivity contribution in [3.05, 3.63) is 0 Å². The Bertz CT molecular complexity index is 92.6. The molecule has 1 fully saturated rings. The molecule has 0 N–H and O–H groups in total. The molecule has 0 aliphatic carbocycles. The molecule has 48 valence electrons. The van der Waals surface area contributed by atoms with E-state index in [0.29, 0.717) is 17.1 Å². The Labute approximate surface area is 57.9 Å². The minimum Gasteiger partial charge on any atom is -0.0740 e.